The Morgan fingerprint density at radius 3 is 2.37 bits per heavy atom. The van der Waals surface area contributed by atoms with Crippen molar-refractivity contribution in [2.75, 3.05) is 13.2 Å². The minimum Gasteiger partial charge on any atom is -0.494 e. The van der Waals surface area contributed by atoms with Gasteiger partial charge in [0.25, 0.3) is 5.91 Å². The van der Waals surface area contributed by atoms with E-state index in [0.717, 1.165) is 28.8 Å². The summed E-state index contributed by atoms with van der Waals surface area (Å²) in [5.74, 6) is 1.15. The van der Waals surface area contributed by atoms with Crippen LogP contribution in [0.2, 0.25) is 0 Å². The predicted molar refractivity (Wildman–Crippen MR) is 111 cm³/mol. The first-order valence-corrected chi connectivity index (χ1v) is 9.90. The number of carbonyl (C=O) groups excluding carboxylic acids is 1. The van der Waals surface area contributed by atoms with Gasteiger partial charge in [-0.25, -0.2) is 5.43 Å². The molecule has 2 aromatic rings. The van der Waals surface area contributed by atoms with Gasteiger partial charge in [-0.15, -0.1) is 0 Å². The van der Waals surface area contributed by atoms with Crippen LogP contribution in [0.15, 0.2) is 58.1 Å². The van der Waals surface area contributed by atoms with E-state index in [-0.39, 0.29) is 12.5 Å². The van der Waals surface area contributed by atoms with E-state index < -0.39 is 0 Å². The largest absolute Gasteiger partial charge is 0.494 e. The molecular formula is C21H25BrN2O3. The molecule has 0 heterocycles. The van der Waals surface area contributed by atoms with Crippen molar-refractivity contribution < 1.29 is 14.3 Å². The van der Waals surface area contributed by atoms with Gasteiger partial charge in [0.1, 0.15) is 11.5 Å². The van der Waals surface area contributed by atoms with Crippen molar-refractivity contribution in [1.29, 1.82) is 0 Å². The van der Waals surface area contributed by atoms with Gasteiger partial charge in [-0.2, -0.15) is 5.10 Å². The molecule has 0 bridgehead atoms. The van der Waals surface area contributed by atoms with Gasteiger partial charge in [0.15, 0.2) is 6.61 Å². The van der Waals surface area contributed by atoms with Crippen LogP contribution in [0.1, 0.15) is 38.2 Å². The number of benzene rings is 2. The zero-order valence-corrected chi connectivity index (χ0v) is 17.1. The third-order valence-electron chi connectivity index (χ3n) is 3.73. The number of rotatable bonds is 11. The zero-order valence-electron chi connectivity index (χ0n) is 15.5. The fourth-order valence-corrected chi connectivity index (χ4v) is 2.52. The minimum atomic E-state index is -0.318. The normalized spacial score (nSPS) is 10.7. The number of hydrazone groups is 1. The third-order valence-corrected chi connectivity index (χ3v) is 4.26. The van der Waals surface area contributed by atoms with E-state index in [4.69, 9.17) is 9.47 Å². The summed E-state index contributed by atoms with van der Waals surface area (Å²) in [4.78, 5) is 11.7. The van der Waals surface area contributed by atoms with Crippen LogP contribution in [-0.4, -0.2) is 25.3 Å². The van der Waals surface area contributed by atoms with Gasteiger partial charge in [-0.05, 0) is 60.5 Å². The SMILES string of the molecule is CCCCCCOc1ccc(/C=N/NC(=O)COc2ccc(Br)cc2)cc1. The number of amides is 1. The molecule has 2 rings (SSSR count). The second kappa shape index (κ2) is 12.1. The maximum atomic E-state index is 11.7. The van der Waals surface area contributed by atoms with Gasteiger partial charge in [-0.1, -0.05) is 42.1 Å². The molecule has 5 nitrogen and oxygen atoms in total. The lowest BCUT2D eigenvalue weighted by Crippen LogP contribution is -2.24. The van der Waals surface area contributed by atoms with E-state index in [9.17, 15) is 4.79 Å². The average Bonchev–Trinajstić information content (AvgIpc) is 2.68. The summed E-state index contributed by atoms with van der Waals surface area (Å²) < 4.78 is 12.0. The van der Waals surface area contributed by atoms with Gasteiger partial charge in [0.2, 0.25) is 0 Å². The van der Waals surface area contributed by atoms with E-state index in [0.29, 0.717) is 5.75 Å². The van der Waals surface area contributed by atoms with E-state index >= 15 is 0 Å². The smallest absolute Gasteiger partial charge is 0.277 e. The van der Waals surface area contributed by atoms with Crippen molar-refractivity contribution in [3.05, 3.63) is 58.6 Å². The summed E-state index contributed by atoms with van der Waals surface area (Å²) in [5, 5.41) is 3.94. The van der Waals surface area contributed by atoms with Crippen LogP contribution in [0.3, 0.4) is 0 Å². The lowest BCUT2D eigenvalue weighted by molar-refractivity contribution is -0.123. The zero-order chi connectivity index (χ0) is 19.3. The maximum Gasteiger partial charge on any atom is 0.277 e. The molecular weight excluding hydrogens is 408 g/mol. The molecule has 0 saturated carbocycles. The van der Waals surface area contributed by atoms with Crippen LogP contribution in [-0.2, 0) is 4.79 Å². The van der Waals surface area contributed by atoms with Crippen molar-refractivity contribution >= 4 is 28.1 Å². The van der Waals surface area contributed by atoms with Gasteiger partial charge in [0.05, 0.1) is 12.8 Å². The lowest BCUT2D eigenvalue weighted by atomic mass is 10.2. The van der Waals surface area contributed by atoms with Gasteiger partial charge >= 0.3 is 0 Å². The summed E-state index contributed by atoms with van der Waals surface area (Å²) in [6, 6.07) is 14.9. The van der Waals surface area contributed by atoms with Gasteiger partial charge < -0.3 is 9.47 Å². The maximum absolute atomic E-state index is 11.7. The molecule has 6 heteroatoms. The Balaban J connectivity index is 1.67. The number of hydrogen-bond donors (Lipinski definition) is 1. The number of nitrogens with one attached hydrogen (secondary N) is 1. The molecule has 144 valence electrons. The van der Waals surface area contributed by atoms with E-state index in [2.05, 4.69) is 33.4 Å². The lowest BCUT2D eigenvalue weighted by Gasteiger charge is -2.06. The van der Waals surface area contributed by atoms with Crippen LogP contribution in [0.25, 0.3) is 0 Å². The molecule has 0 unspecified atom stereocenters. The summed E-state index contributed by atoms with van der Waals surface area (Å²) in [7, 11) is 0. The Kier molecular flexibility index (Phi) is 9.41. The number of halogens is 1. The number of hydrogen-bond acceptors (Lipinski definition) is 4. The monoisotopic (exact) mass is 432 g/mol. The molecule has 0 aliphatic heterocycles. The Hall–Kier alpha value is -2.34. The third kappa shape index (κ3) is 8.73. The quantitative estimate of drug-likeness (QED) is 0.310. The first kappa shape index (κ1) is 21.0. The average molecular weight is 433 g/mol. The molecule has 0 aliphatic rings. The number of unbranched alkanes of at least 4 members (excludes halogenated alkanes) is 3. The molecule has 0 radical (unpaired) electrons. The van der Waals surface area contributed by atoms with Crippen LogP contribution in [0.5, 0.6) is 11.5 Å². The highest BCUT2D eigenvalue weighted by Gasteiger charge is 2.01. The summed E-state index contributed by atoms with van der Waals surface area (Å²) in [6.45, 7) is 2.84. The summed E-state index contributed by atoms with van der Waals surface area (Å²) in [6.07, 6.45) is 6.33. The fraction of sp³-hybridized carbons (Fsp3) is 0.333. The number of ether oxygens (including phenoxy) is 2. The molecule has 0 aromatic heterocycles. The molecule has 2 aromatic carbocycles. The van der Waals surface area contributed by atoms with E-state index in [1.807, 2.05) is 36.4 Å². The number of nitrogens with zero attached hydrogens (tertiary/aromatic N) is 1. The second-order valence-corrected chi connectivity index (χ2v) is 6.93. The van der Waals surface area contributed by atoms with E-state index in [1.165, 1.54) is 19.3 Å². The Morgan fingerprint density at radius 1 is 1.00 bits per heavy atom. The standard InChI is InChI=1S/C21H25BrN2O3/c1-2-3-4-5-14-26-19-10-6-17(7-11-19)15-23-24-21(25)16-27-20-12-8-18(22)9-13-20/h6-13,15H,2-5,14,16H2,1H3,(H,24,25)/b23-15+. The first-order valence-electron chi connectivity index (χ1n) is 9.10. The predicted octanol–water partition coefficient (Wildman–Crippen LogP) is 4.94. The topological polar surface area (TPSA) is 59.9 Å². The van der Waals surface area contributed by atoms with Gasteiger partial charge in [0, 0.05) is 4.47 Å². The van der Waals surface area contributed by atoms with Crippen LogP contribution in [0.4, 0.5) is 0 Å². The Morgan fingerprint density at radius 2 is 1.67 bits per heavy atom. The number of carbonyl (C=O) groups is 1. The van der Waals surface area contributed by atoms with Crippen molar-refractivity contribution in [3.63, 3.8) is 0 Å². The van der Waals surface area contributed by atoms with Crippen molar-refractivity contribution in [3.8, 4) is 11.5 Å². The highest BCUT2D eigenvalue weighted by atomic mass is 79.9. The van der Waals surface area contributed by atoms with Crippen LogP contribution >= 0.6 is 15.9 Å². The van der Waals surface area contributed by atoms with E-state index in [1.54, 1.807) is 18.3 Å². The minimum absolute atomic E-state index is 0.0935. The first-order chi connectivity index (χ1) is 13.2. The van der Waals surface area contributed by atoms with Crippen molar-refractivity contribution in [2.45, 2.75) is 32.6 Å². The molecule has 0 spiro atoms. The van der Waals surface area contributed by atoms with Crippen LogP contribution < -0.4 is 14.9 Å². The Labute approximate surface area is 168 Å². The second-order valence-electron chi connectivity index (χ2n) is 6.01. The summed E-state index contributed by atoms with van der Waals surface area (Å²) in [5.41, 5.74) is 3.32. The molecule has 1 N–H and O–H groups in total. The summed E-state index contributed by atoms with van der Waals surface area (Å²) >= 11 is 3.35. The molecule has 0 atom stereocenters. The Bertz CT molecular complexity index is 715. The molecule has 27 heavy (non-hydrogen) atoms. The van der Waals surface area contributed by atoms with Crippen molar-refractivity contribution in [2.24, 2.45) is 5.10 Å². The highest BCUT2D eigenvalue weighted by Crippen LogP contribution is 2.16. The molecule has 1 amide bonds. The molecule has 0 saturated heterocycles. The molecule has 0 fully saturated rings. The van der Waals surface area contributed by atoms with Gasteiger partial charge in [-0.3, -0.25) is 4.79 Å². The molecule has 0 aliphatic carbocycles. The van der Waals surface area contributed by atoms with Crippen LogP contribution in [0, 0.1) is 0 Å². The fourth-order valence-electron chi connectivity index (χ4n) is 2.26. The highest BCUT2D eigenvalue weighted by molar-refractivity contribution is 9.10. The van der Waals surface area contributed by atoms with Crippen molar-refractivity contribution in [1.82, 2.24) is 5.43 Å².